The second-order valence-electron chi connectivity index (χ2n) is 9.07. The summed E-state index contributed by atoms with van der Waals surface area (Å²) in [5, 5.41) is 2.55. The summed E-state index contributed by atoms with van der Waals surface area (Å²) >= 11 is 0. The van der Waals surface area contributed by atoms with E-state index >= 15 is 0 Å². The van der Waals surface area contributed by atoms with Crippen molar-refractivity contribution in [2.45, 2.75) is 19.3 Å². The van der Waals surface area contributed by atoms with Crippen LogP contribution >= 0.6 is 0 Å². The molecule has 1 heteroatoms. The Bertz CT molecular complexity index is 1390. The molecule has 0 aliphatic heterocycles. The van der Waals surface area contributed by atoms with E-state index in [0.717, 1.165) is 11.4 Å². The molecule has 0 heterocycles. The van der Waals surface area contributed by atoms with Crippen molar-refractivity contribution in [1.82, 2.24) is 0 Å². The van der Waals surface area contributed by atoms with Crippen LogP contribution in [-0.4, -0.2) is 0 Å². The first-order valence-corrected chi connectivity index (χ1v) is 11.2. The van der Waals surface area contributed by atoms with Gasteiger partial charge in [-0.2, -0.15) is 0 Å². The molecule has 0 saturated heterocycles. The van der Waals surface area contributed by atoms with Crippen LogP contribution < -0.4 is 4.90 Å². The molecule has 0 N–H and O–H groups in total. The molecule has 1 nitrogen and oxygen atoms in total. The van der Waals surface area contributed by atoms with Gasteiger partial charge in [-0.05, 0) is 70.1 Å². The van der Waals surface area contributed by atoms with Gasteiger partial charge in [0, 0.05) is 22.2 Å². The highest BCUT2D eigenvalue weighted by Crippen LogP contribution is 2.51. The zero-order valence-corrected chi connectivity index (χ0v) is 18.4. The van der Waals surface area contributed by atoms with Gasteiger partial charge in [0.2, 0.25) is 0 Å². The van der Waals surface area contributed by atoms with Crippen molar-refractivity contribution in [2.24, 2.45) is 0 Å². The molecule has 5 aromatic rings. The van der Waals surface area contributed by atoms with Crippen LogP contribution in [0.1, 0.15) is 25.0 Å². The van der Waals surface area contributed by atoms with Gasteiger partial charge in [0.15, 0.2) is 0 Å². The zero-order chi connectivity index (χ0) is 21.7. The lowest BCUT2D eigenvalue weighted by Crippen LogP contribution is -2.15. The quantitative estimate of drug-likeness (QED) is 0.287. The summed E-state index contributed by atoms with van der Waals surface area (Å²) in [5.74, 6) is 0. The second kappa shape index (κ2) is 7.10. The smallest absolute Gasteiger partial charge is 0.0540 e. The number of anilines is 3. The normalized spacial score (nSPS) is 13.6. The summed E-state index contributed by atoms with van der Waals surface area (Å²) in [6.07, 6.45) is 0. The molecule has 154 valence electrons. The molecular weight excluding hydrogens is 386 g/mol. The Morgan fingerprint density at radius 3 is 1.84 bits per heavy atom. The molecule has 0 radical (unpaired) electrons. The van der Waals surface area contributed by atoms with E-state index < -0.39 is 0 Å². The van der Waals surface area contributed by atoms with Gasteiger partial charge in [-0.3, -0.25) is 0 Å². The standard InChI is InChI=1S/C31H25N/c1-31(2)28-18-10-9-17-25(28)27-20-22-12-11-19-30(26(22)21-29(27)31)32(23-13-5-3-6-14-23)24-15-7-4-8-16-24/h3-21H,1-2H3. The zero-order valence-electron chi connectivity index (χ0n) is 18.4. The third-order valence-corrected chi connectivity index (χ3v) is 6.83. The van der Waals surface area contributed by atoms with Crippen LogP contribution in [0.15, 0.2) is 115 Å². The lowest BCUT2D eigenvalue weighted by molar-refractivity contribution is 0.661. The number of hydrogen-bond donors (Lipinski definition) is 0. The molecule has 32 heavy (non-hydrogen) atoms. The maximum absolute atomic E-state index is 2.43. The number of rotatable bonds is 3. The maximum Gasteiger partial charge on any atom is 0.0540 e. The lowest BCUT2D eigenvalue weighted by atomic mass is 9.82. The van der Waals surface area contributed by atoms with Crippen LogP contribution in [0.25, 0.3) is 21.9 Å². The fourth-order valence-corrected chi connectivity index (χ4v) is 5.23. The summed E-state index contributed by atoms with van der Waals surface area (Å²) in [4.78, 5) is 2.36. The first-order valence-electron chi connectivity index (χ1n) is 11.2. The topological polar surface area (TPSA) is 3.24 Å². The highest BCUT2D eigenvalue weighted by atomic mass is 15.1. The monoisotopic (exact) mass is 411 g/mol. The van der Waals surface area contributed by atoms with Gasteiger partial charge in [0.25, 0.3) is 0 Å². The SMILES string of the molecule is CC1(C)c2ccccc2-c2cc3cccc(N(c4ccccc4)c4ccccc4)c3cc21. The fraction of sp³-hybridized carbons (Fsp3) is 0.0968. The first-order chi connectivity index (χ1) is 15.6. The number of hydrogen-bond acceptors (Lipinski definition) is 1. The van der Waals surface area contributed by atoms with Gasteiger partial charge in [0.1, 0.15) is 0 Å². The molecule has 0 aromatic heterocycles. The Hall–Kier alpha value is -3.84. The van der Waals surface area contributed by atoms with E-state index in [-0.39, 0.29) is 5.41 Å². The molecule has 1 aliphatic carbocycles. The van der Waals surface area contributed by atoms with Crippen LogP contribution in [0.3, 0.4) is 0 Å². The van der Waals surface area contributed by atoms with Crippen LogP contribution in [0.2, 0.25) is 0 Å². The highest BCUT2D eigenvalue weighted by molar-refractivity contribution is 6.02. The summed E-state index contributed by atoms with van der Waals surface area (Å²) < 4.78 is 0. The fourth-order valence-electron chi connectivity index (χ4n) is 5.23. The Morgan fingerprint density at radius 2 is 1.16 bits per heavy atom. The molecule has 0 amide bonds. The van der Waals surface area contributed by atoms with Gasteiger partial charge in [0.05, 0.1) is 5.69 Å². The van der Waals surface area contributed by atoms with Crippen molar-refractivity contribution >= 4 is 27.8 Å². The Morgan fingerprint density at radius 1 is 0.531 bits per heavy atom. The van der Waals surface area contributed by atoms with E-state index in [2.05, 4.69) is 134 Å². The van der Waals surface area contributed by atoms with Crippen LogP contribution in [0.4, 0.5) is 17.1 Å². The van der Waals surface area contributed by atoms with Crippen LogP contribution in [0, 0.1) is 0 Å². The Labute approximate surface area is 189 Å². The molecule has 1 aliphatic rings. The molecule has 5 aromatic carbocycles. The van der Waals surface area contributed by atoms with Crippen LogP contribution in [-0.2, 0) is 5.41 Å². The predicted octanol–water partition coefficient (Wildman–Crippen LogP) is 8.62. The van der Waals surface area contributed by atoms with E-state index in [1.807, 2.05) is 0 Å². The van der Waals surface area contributed by atoms with Gasteiger partial charge >= 0.3 is 0 Å². The summed E-state index contributed by atoms with van der Waals surface area (Å²) in [5.41, 5.74) is 9.05. The number of para-hydroxylation sites is 2. The third kappa shape index (κ3) is 2.78. The van der Waals surface area contributed by atoms with E-state index in [1.165, 1.54) is 38.7 Å². The van der Waals surface area contributed by atoms with Gasteiger partial charge in [-0.1, -0.05) is 86.6 Å². The highest BCUT2D eigenvalue weighted by Gasteiger charge is 2.35. The molecule has 0 bridgehead atoms. The van der Waals surface area contributed by atoms with Crippen molar-refractivity contribution in [3.63, 3.8) is 0 Å². The number of benzene rings is 5. The number of nitrogens with zero attached hydrogens (tertiary/aromatic N) is 1. The van der Waals surface area contributed by atoms with Crippen LogP contribution in [0.5, 0.6) is 0 Å². The molecule has 6 rings (SSSR count). The minimum Gasteiger partial charge on any atom is -0.310 e. The minimum absolute atomic E-state index is 0.0163. The summed E-state index contributed by atoms with van der Waals surface area (Å²) in [6.45, 7) is 4.69. The van der Waals surface area contributed by atoms with Crippen molar-refractivity contribution < 1.29 is 0 Å². The maximum atomic E-state index is 2.43. The second-order valence-corrected chi connectivity index (χ2v) is 9.07. The van der Waals surface area contributed by atoms with E-state index in [1.54, 1.807) is 0 Å². The molecule has 0 saturated carbocycles. The molecule has 0 fully saturated rings. The number of fused-ring (bicyclic) bond motifs is 4. The van der Waals surface area contributed by atoms with Crippen molar-refractivity contribution in [3.8, 4) is 11.1 Å². The largest absolute Gasteiger partial charge is 0.310 e. The minimum atomic E-state index is -0.0163. The van der Waals surface area contributed by atoms with Gasteiger partial charge in [-0.25, -0.2) is 0 Å². The van der Waals surface area contributed by atoms with Crippen molar-refractivity contribution in [1.29, 1.82) is 0 Å². The molecule has 0 spiro atoms. The van der Waals surface area contributed by atoms with E-state index in [4.69, 9.17) is 0 Å². The van der Waals surface area contributed by atoms with Crippen molar-refractivity contribution in [2.75, 3.05) is 4.90 Å². The Balaban J connectivity index is 1.63. The average Bonchev–Trinajstić information content (AvgIpc) is 3.06. The molecular formula is C31H25N. The van der Waals surface area contributed by atoms with Gasteiger partial charge < -0.3 is 4.90 Å². The third-order valence-electron chi connectivity index (χ3n) is 6.83. The predicted molar refractivity (Wildman–Crippen MR) is 136 cm³/mol. The molecule has 0 atom stereocenters. The van der Waals surface area contributed by atoms with Crippen molar-refractivity contribution in [3.05, 3.63) is 126 Å². The lowest BCUT2D eigenvalue weighted by Gasteiger charge is -2.28. The van der Waals surface area contributed by atoms with E-state index in [0.29, 0.717) is 0 Å². The summed E-state index contributed by atoms with van der Waals surface area (Å²) in [6, 6.07) is 41.6. The first kappa shape index (κ1) is 18.9. The average molecular weight is 412 g/mol. The van der Waals surface area contributed by atoms with Gasteiger partial charge in [-0.15, -0.1) is 0 Å². The van der Waals surface area contributed by atoms with E-state index in [9.17, 15) is 0 Å². The Kier molecular flexibility index (Phi) is 4.19. The summed E-state index contributed by atoms with van der Waals surface area (Å²) in [7, 11) is 0. The molecule has 0 unspecified atom stereocenters.